The minimum absolute atomic E-state index is 0.255. The molecule has 3 heterocycles. The normalized spacial score (nSPS) is 10.9. The molecule has 0 atom stereocenters. The van der Waals surface area contributed by atoms with Gasteiger partial charge < -0.3 is 0 Å². The van der Waals surface area contributed by atoms with Gasteiger partial charge in [-0.2, -0.15) is 10.1 Å². The van der Waals surface area contributed by atoms with Gasteiger partial charge in [0.1, 0.15) is 11.5 Å². The van der Waals surface area contributed by atoms with Gasteiger partial charge in [-0.3, -0.25) is 25.3 Å². The highest BCUT2D eigenvalue weighted by atomic mass is 16.2. The first-order valence-electron chi connectivity index (χ1n) is 7.30. The molecule has 23 heavy (non-hydrogen) atoms. The summed E-state index contributed by atoms with van der Waals surface area (Å²) >= 11 is 0. The first-order chi connectivity index (χ1) is 11.1. The van der Waals surface area contributed by atoms with Crippen LogP contribution in [0.25, 0.3) is 11.3 Å². The number of rotatable bonds is 5. The molecule has 8 nitrogen and oxygen atoms in total. The summed E-state index contributed by atoms with van der Waals surface area (Å²) in [6, 6.07) is 5.32. The van der Waals surface area contributed by atoms with Gasteiger partial charge in [-0.15, -0.1) is 5.10 Å². The summed E-state index contributed by atoms with van der Waals surface area (Å²) in [5.41, 5.74) is 1.90. The van der Waals surface area contributed by atoms with Gasteiger partial charge in [-0.1, -0.05) is 13.8 Å². The number of carbonyl (C=O) groups is 1. The van der Waals surface area contributed by atoms with E-state index in [0.29, 0.717) is 17.3 Å². The number of hydrogen-bond donors (Lipinski definition) is 3. The maximum Gasteiger partial charge on any atom is 0.276 e. The molecule has 0 bridgehead atoms. The average molecular weight is 311 g/mol. The molecule has 8 heteroatoms. The second kappa shape index (κ2) is 6.39. The van der Waals surface area contributed by atoms with Crippen molar-refractivity contribution in [2.24, 2.45) is 5.92 Å². The summed E-state index contributed by atoms with van der Waals surface area (Å²) < 4.78 is 0. The van der Waals surface area contributed by atoms with Crippen LogP contribution < -0.4 is 5.32 Å². The average Bonchev–Trinajstić information content (AvgIpc) is 3.17. The van der Waals surface area contributed by atoms with Crippen molar-refractivity contribution in [3.05, 3.63) is 42.1 Å². The molecule has 0 aliphatic heterocycles. The van der Waals surface area contributed by atoms with Crippen molar-refractivity contribution < 1.29 is 4.79 Å². The number of hydrogen-bond acceptors (Lipinski definition) is 5. The van der Waals surface area contributed by atoms with Crippen LogP contribution in [-0.2, 0) is 6.42 Å². The van der Waals surface area contributed by atoms with Gasteiger partial charge in [0.25, 0.3) is 5.91 Å². The van der Waals surface area contributed by atoms with Crippen molar-refractivity contribution in [1.82, 2.24) is 30.4 Å². The minimum Gasteiger partial charge on any atom is -0.288 e. The lowest BCUT2D eigenvalue weighted by molar-refractivity contribution is 0.102. The van der Waals surface area contributed by atoms with E-state index in [1.807, 2.05) is 12.1 Å². The maximum absolute atomic E-state index is 12.2. The summed E-state index contributed by atoms with van der Waals surface area (Å²) in [4.78, 5) is 20.4. The van der Waals surface area contributed by atoms with Crippen LogP contribution in [0.15, 0.2) is 30.6 Å². The van der Waals surface area contributed by atoms with Crippen LogP contribution in [0, 0.1) is 5.92 Å². The van der Waals surface area contributed by atoms with Crippen LogP contribution in [0.4, 0.5) is 5.95 Å². The lowest BCUT2D eigenvalue weighted by atomic mass is 10.1. The third-order valence-electron chi connectivity index (χ3n) is 3.16. The van der Waals surface area contributed by atoms with Gasteiger partial charge in [0, 0.05) is 24.4 Å². The number of anilines is 1. The highest BCUT2D eigenvalue weighted by Crippen LogP contribution is 2.16. The molecule has 0 aliphatic rings. The quantitative estimate of drug-likeness (QED) is 0.667. The molecular formula is C15H17N7O. The molecule has 0 spiro atoms. The predicted molar refractivity (Wildman–Crippen MR) is 84.7 cm³/mol. The smallest absolute Gasteiger partial charge is 0.276 e. The first-order valence-corrected chi connectivity index (χ1v) is 7.30. The number of H-pyrrole nitrogens is 2. The zero-order chi connectivity index (χ0) is 16.2. The summed E-state index contributed by atoms with van der Waals surface area (Å²) in [6.07, 6.45) is 4.13. The molecule has 0 saturated heterocycles. The van der Waals surface area contributed by atoms with E-state index in [4.69, 9.17) is 0 Å². The fourth-order valence-electron chi connectivity index (χ4n) is 2.11. The van der Waals surface area contributed by atoms with Crippen LogP contribution in [0.1, 0.15) is 30.2 Å². The van der Waals surface area contributed by atoms with Crippen molar-refractivity contribution in [1.29, 1.82) is 0 Å². The van der Waals surface area contributed by atoms with Crippen molar-refractivity contribution in [3.8, 4) is 11.3 Å². The molecule has 3 aromatic heterocycles. The third kappa shape index (κ3) is 3.60. The fraction of sp³-hybridized carbons (Fsp3) is 0.267. The largest absolute Gasteiger partial charge is 0.288 e. The van der Waals surface area contributed by atoms with E-state index in [1.54, 1.807) is 18.5 Å². The van der Waals surface area contributed by atoms with Crippen molar-refractivity contribution in [3.63, 3.8) is 0 Å². The second-order valence-corrected chi connectivity index (χ2v) is 5.56. The van der Waals surface area contributed by atoms with Crippen LogP contribution >= 0.6 is 0 Å². The number of nitrogens with zero attached hydrogens (tertiary/aromatic N) is 4. The topological polar surface area (TPSA) is 112 Å². The van der Waals surface area contributed by atoms with E-state index in [-0.39, 0.29) is 11.9 Å². The molecule has 3 N–H and O–H groups in total. The summed E-state index contributed by atoms with van der Waals surface area (Å²) in [5.74, 6) is 1.12. The fourth-order valence-corrected chi connectivity index (χ4v) is 2.11. The SMILES string of the molecule is CC(C)Cc1nc(NC(=O)c2cc(-c3ccncc3)n[nH]2)n[nH]1. The van der Waals surface area contributed by atoms with Gasteiger partial charge in [-0.05, 0) is 24.1 Å². The van der Waals surface area contributed by atoms with Crippen molar-refractivity contribution in [2.75, 3.05) is 5.32 Å². The number of pyridine rings is 1. The number of aromatic amines is 2. The Labute approximate surface area is 132 Å². The third-order valence-corrected chi connectivity index (χ3v) is 3.16. The van der Waals surface area contributed by atoms with E-state index in [0.717, 1.165) is 17.8 Å². The zero-order valence-electron chi connectivity index (χ0n) is 12.9. The summed E-state index contributed by atoms with van der Waals surface area (Å²) in [6.45, 7) is 4.18. The van der Waals surface area contributed by atoms with Gasteiger partial charge in [0.05, 0.1) is 5.69 Å². The Kier molecular flexibility index (Phi) is 4.13. The molecule has 0 fully saturated rings. The standard InChI is InChI=1S/C15H17N7O/c1-9(2)7-13-17-15(22-21-13)18-14(23)12-8-11(19-20-12)10-3-5-16-6-4-10/h3-6,8-9H,7H2,1-2H3,(H,19,20)(H2,17,18,21,22,23). The maximum atomic E-state index is 12.2. The Morgan fingerprint density at radius 3 is 2.74 bits per heavy atom. The van der Waals surface area contributed by atoms with Gasteiger partial charge in [0.15, 0.2) is 0 Å². The highest BCUT2D eigenvalue weighted by molar-refractivity contribution is 6.02. The molecule has 3 aromatic rings. The van der Waals surface area contributed by atoms with Gasteiger partial charge >= 0.3 is 0 Å². The van der Waals surface area contributed by atoms with E-state index >= 15 is 0 Å². The molecule has 0 aliphatic carbocycles. The molecule has 0 radical (unpaired) electrons. The molecule has 1 amide bonds. The van der Waals surface area contributed by atoms with Gasteiger partial charge in [0.2, 0.25) is 5.95 Å². The number of nitrogens with one attached hydrogen (secondary N) is 3. The Balaban J connectivity index is 1.69. The van der Waals surface area contributed by atoms with Crippen molar-refractivity contribution >= 4 is 11.9 Å². The molecular weight excluding hydrogens is 294 g/mol. The second-order valence-electron chi connectivity index (χ2n) is 5.56. The molecule has 0 saturated carbocycles. The van der Waals surface area contributed by atoms with Crippen molar-refractivity contribution in [2.45, 2.75) is 20.3 Å². The predicted octanol–water partition coefficient (Wildman–Crippen LogP) is 2.04. The van der Waals surface area contributed by atoms with Crippen LogP contribution in [0.2, 0.25) is 0 Å². The number of amides is 1. The monoisotopic (exact) mass is 311 g/mol. The van der Waals surface area contributed by atoms with E-state index < -0.39 is 0 Å². The van der Waals surface area contributed by atoms with Crippen LogP contribution in [-0.4, -0.2) is 36.3 Å². The summed E-state index contributed by atoms with van der Waals surface area (Å²) in [7, 11) is 0. The lowest BCUT2D eigenvalue weighted by Crippen LogP contribution is -2.13. The lowest BCUT2D eigenvalue weighted by Gasteiger charge is -1.98. The summed E-state index contributed by atoms with van der Waals surface area (Å²) in [5, 5.41) is 16.3. The molecule has 0 unspecified atom stereocenters. The Bertz CT molecular complexity index is 791. The molecule has 3 rings (SSSR count). The number of aromatic nitrogens is 6. The van der Waals surface area contributed by atoms with E-state index in [9.17, 15) is 4.79 Å². The Morgan fingerprint density at radius 2 is 2.00 bits per heavy atom. The zero-order valence-corrected chi connectivity index (χ0v) is 12.9. The van der Waals surface area contributed by atoms with Gasteiger partial charge in [-0.25, -0.2) is 0 Å². The van der Waals surface area contributed by atoms with Crippen LogP contribution in [0.3, 0.4) is 0 Å². The Morgan fingerprint density at radius 1 is 1.22 bits per heavy atom. The number of carbonyl (C=O) groups excluding carboxylic acids is 1. The van der Waals surface area contributed by atoms with Crippen LogP contribution in [0.5, 0.6) is 0 Å². The highest BCUT2D eigenvalue weighted by Gasteiger charge is 2.14. The molecule has 118 valence electrons. The van der Waals surface area contributed by atoms with E-state index in [2.05, 4.69) is 49.5 Å². The Hall–Kier alpha value is -3.03. The molecule has 0 aromatic carbocycles. The first kappa shape index (κ1) is 14.9. The van der Waals surface area contributed by atoms with E-state index in [1.165, 1.54) is 0 Å². The minimum atomic E-state index is -0.340.